The molecule has 1 aromatic heterocycles. The van der Waals surface area contributed by atoms with Gasteiger partial charge in [-0.05, 0) is 37.5 Å². The smallest absolute Gasteiger partial charge is 0.123 e. The highest BCUT2D eigenvalue weighted by molar-refractivity contribution is 5.85. The summed E-state index contributed by atoms with van der Waals surface area (Å²) in [5, 5.41) is 0. The van der Waals surface area contributed by atoms with Crippen LogP contribution in [0, 0.1) is 6.92 Å². The molecule has 0 aliphatic carbocycles. The summed E-state index contributed by atoms with van der Waals surface area (Å²) in [5.41, 5.74) is 13.4. The van der Waals surface area contributed by atoms with Gasteiger partial charge >= 0.3 is 0 Å². The number of nitrogens with two attached hydrogens (primary N) is 2. The number of hydrogen-bond donors (Lipinski definition) is 2. The van der Waals surface area contributed by atoms with Crippen LogP contribution in [0.1, 0.15) is 24.5 Å². The number of anilines is 1. The van der Waals surface area contributed by atoms with Crippen LogP contribution in [0.15, 0.2) is 18.3 Å². The Hall–Kier alpha value is -0.770. The lowest BCUT2D eigenvalue weighted by atomic mass is 10.1. The van der Waals surface area contributed by atoms with Gasteiger partial charge in [0, 0.05) is 12.2 Å². The van der Waals surface area contributed by atoms with Gasteiger partial charge in [0.2, 0.25) is 0 Å². The zero-order chi connectivity index (χ0) is 10.6. The highest BCUT2D eigenvalue weighted by Crippen LogP contribution is 2.11. The molecule has 0 saturated heterocycles. The maximum absolute atomic E-state index is 5.63. The maximum atomic E-state index is 5.63. The average molecular weight is 264 g/mol. The van der Waals surface area contributed by atoms with E-state index in [-0.39, 0.29) is 30.9 Å². The molecule has 0 saturated carbocycles. The fourth-order valence-corrected chi connectivity index (χ4v) is 1.17. The molecule has 0 aromatic carbocycles. The van der Waals surface area contributed by atoms with Crippen LogP contribution in [0.4, 0.5) is 5.82 Å². The van der Waals surface area contributed by atoms with Crippen LogP contribution in [-0.2, 0) is 0 Å². The van der Waals surface area contributed by atoms with E-state index in [1.165, 1.54) is 0 Å². The molecule has 0 fully saturated rings. The molecule has 1 heterocycles. The van der Waals surface area contributed by atoms with Gasteiger partial charge in [0.1, 0.15) is 5.82 Å². The van der Waals surface area contributed by atoms with Crippen molar-refractivity contribution in [1.82, 2.24) is 4.98 Å². The van der Waals surface area contributed by atoms with Crippen LogP contribution in [0.2, 0.25) is 0 Å². The summed E-state index contributed by atoms with van der Waals surface area (Å²) in [5.74, 6) is 0.562. The molecule has 0 aliphatic rings. The maximum Gasteiger partial charge on any atom is 0.123 e. The molecule has 5 heteroatoms. The van der Waals surface area contributed by atoms with E-state index in [9.17, 15) is 0 Å². The fraction of sp³-hybridized carbons (Fsp3) is 0.364. The third kappa shape index (κ3) is 5.95. The van der Waals surface area contributed by atoms with Crippen LogP contribution in [0.25, 0.3) is 6.08 Å². The van der Waals surface area contributed by atoms with Crippen molar-refractivity contribution < 1.29 is 0 Å². The van der Waals surface area contributed by atoms with Crippen LogP contribution < -0.4 is 11.5 Å². The molecule has 0 spiro atoms. The Bertz CT molecular complexity index is 338. The van der Waals surface area contributed by atoms with Gasteiger partial charge in [0.15, 0.2) is 0 Å². The van der Waals surface area contributed by atoms with Gasteiger partial charge in [-0.15, -0.1) is 24.8 Å². The SMILES string of the molecule is Cc1cc(N)ncc1/C=C/C[C@H](C)N.Cl.Cl. The molecule has 92 valence electrons. The van der Waals surface area contributed by atoms with Gasteiger partial charge in [-0.1, -0.05) is 12.2 Å². The van der Waals surface area contributed by atoms with E-state index in [2.05, 4.69) is 11.1 Å². The summed E-state index contributed by atoms with van der Waals surface area (Å²) < 4.78 is 0. The van der Waals surface area contributed by atoms with Gasteiger partial charge < -0.3 is 11.5 Å². The quantitative estimate of drug-likeness (QED) is 0.881. The lowest BCUT2D eigenvalue weighted by molar-refractivity contribution is 0.759. The van der Waals surface area contributed by atoms with E-state index in [1.807, 2.05) is 26.0 Å². The summed E-state index contributed by atoms with van der Waals surface area (Å²) in [7, 11) is 0. The van der Waals surface area contributed by atoms with Crippen molar-refractivity contribution in [1.29, 1.82) is 0 Å². The van der Waals surface area contributed by atoms with Crippen molar-refractivity contribution in [3.8, 4) is 0 Å². The third-order valence-electron chi connectivity index (χ3n) is 1.98. The lowest BCUT2D eigenvalue weighted by Crippen LogP contribution is -2.12. The van der Waals surface area contributed by atoms with Gasteiger partial charge in [0.05, 0.1) is 0 Å². The van der Waals surface area contributed by atoms with Crippen LogP contribution in [0.5, 0.6) is 0 Å². The van der Waals surface area contributed by atoms with Crippen LogP contribution in [-0.4, -0.2) is 11.0 Å². The first-order chi connectivity index (χ1) is 6.59. The van der Waals surface area contributed by atoms with E-state index in [0.29, 0.717) is 5.82 Å². The van der Waals surface area contributed by atoms with Gasteiger partial charge in [-0.25, -0.2) is 4.98 Å². The second kappa shape index (κ2) is 8.39. The van der Waals surface area contributed by atoms with E-state index in [4.69, 9.17) is 11.5 Å². The van der Waals surface area contributed by atoms with Gasteiger partial charge in [-0.2, -0.15) is 0 Å². The number of hydrogen-bond acceptors (Lipinski definition) is 3. The summed E-state index contributed by atoms with van der Waals surface area (Å²) in [6.07, 6.45) is 6.75. The summed E-state index contributed by atoms with van der Waals surface area (Å²) in [6.45, 7) is 4.00. The number of aromatic nitrogens is 1. The van der Waals surface area contributed by atoms with Crippen LogP contribution in [0.3, 0.4) is 0 Å². The van der Waals surface area contributed by atoms with Gasteiger partial charge in [0.25, 0.3) is 0 Å². The van der Waals surface area contributed by atoms with Crippen molar-refractivity contribution in [2.45, 2.75) is 26.3 Å². The zero-order valence-corrected chi connectivity index (χ0v) is 11.1. The molecule has 0 unspecified atom stereocenters. The van der Waals surface area contributed by atoms with E-state index >= 15 is 0 Å². The zero-order valence-electron chi connectivity index (χ0n) is 9.51. The van der Waals surface area contributed by atoms with Crippen molar-refractivity contribution >= 4 is 36.7 Å². The second-order valence-electron chi connectivity index (χ2n) is 3.58. The van der Waals surface area contributed by atoms with E-state index < -0.39 is 0 Å². The molecule has 1 rings (SSSR count). The summed E-state index contributed by atoms with van der Waals surface area (Å²) in [4.78, 5) is 4.03. The normalized spacial score (nSPS) is 11.7. The van der Waals surface area contributed by atoms with Crippen molar-refractivity contribution in [2.24, 2.45) is 5.73 Å². The standard InChI is InChI=1S/C11H17N3.2ClH/c1-8-6-11(13)14-7-10(8)5-3-4-9(2)12;;/h3,5-7,9H,4,12H2,1-2H3,(H2,13,14);2*1H/b5-3+;;/t9-;;/m0../s1. The minimum atomic E-state index is 0. The number of pyridine rings is 1. The predicted molar refractivity (Wildman–Crippen MR) is 75.2 cm³/mol. The largest absolute Gasteiger partial charge is 0.384 e. The highest BCUT2D eigenvalue weighted by Gasteiger charge is 1.95. The molecule has 0 aliphatic heterocycles. The van der Waals surface area contributed by atoms with Crippen molar-refractivity contribution in [3.05, 3.63) is 29.5 Å². The topological polar surface area (TPSA) is 64.9 Å². The van der Waals surface area contributed by atoms with Gasteiger partial charge in [-0.3, -0.25) is 0 Å². The molecule has 4 N–H and O–H groups in total. The lowest BCUT2D eigenvalue weighted by Gasteiger charge is -2.01. The molecular formula is C11H19Cl2N3. The number of rotatable bonds is 3. The monoisotopic (exact) mass is 263 g/mol. The molecule has 0 amide bonds. The first kappa shape index (κ1) is 17.6. The number of aryl methyl sites for hydroxylation is 1. The Morgan fingerprint density at radius 2 is 2.06 bits per heavy atom. The Kier molecular flexibility index (Phi) is 9.24. The predicted octanol–water partition coefficient (Wildman–Crippen LogP) is 2.57. The van der Waals surface area contributed by atoms with Crippen LogP contribution >= 0.6 is 24.8 Å². The Labute approximate surface area is 109 Å². The highest BCUT2D eigenvalue weighted by atomic mass is 35.5. The second-order valence-corrected chi connectivity index (χ2v) is 3.58. The van der Waals surface area contributed by atoms with Crippen molar-refractivity contribution in [3.63, 3.8) is 0 Å². The Balaban J connectivity index is 0. The minimum Gasteiger partial charge on any atom is -0.384 e. The summed E-state index contributed by atoms with van der Waals surface area (Å²) >= 11 is 0. The molecule has 0 bridgehead atoms. The summed E-state index contributed by atoms with van der Waals surface area (Å²) in [6, 6.07) is 2.07. The third-order valence-corrected chi connectivity index (χ3v) is 1.98. The molecule has 3 nitrogen and oxygen atoms in total. The van der Waals surface area contributed by atoms with E-state index in [1.54, 1.807) is 6.20 Å². The fourth-order valence-electron chi connectivity index (χ4n) is 1.17. The first-order valence-corrected chi connectivity index (χ1v) is 4.74. The molecule has 0 radical (unpaired) electrons. The average Bonchev–Trinajstić information content (AvgIpc) is 2.08. The number of nitrogen functional groups attached to an aromatic ring is 1. The molecule has 16 heavy (non-hydrogen) atoms. The molecule has 1 atom stereocenters. The first-order valence-electron chi connectivity index (χ1n) is 4.74. The Morgan fingerprint density at radius 1 is 1.44 bits per heavy atom. The van der Waals surface area contributed by atoms with Crippen molar-refractivity contribution in [2.75, 3.05) is 5.73 Å². The van der Waals surface area contributed by atoms with E-state index in [0.717, 1.165) is 17.5 Å². The minimum absolute atomic E-state index is 0. The Morgan fingerprint density at radius 3 is 2.56 bits per heavy atom. The molecular weight excluding hydrogens is 245 g/mol. The molecule has 1 aromatic rings. The number of nitrogens with zero attached hydrogens (tertiary/aromatic N) is 1. The number of halogens is 2.